The van der Waals surface area contributed by atoms with Crippen LogP contribution < -0.4 is 0 Å². The van der Waals surface area contributed by atoms with Crippen LogP contribution in [-0.2, 0) is 11.3 Å². The Morgan fingerprint density at radius 3 is 2.69 bits per heavy atom. The first-order chi connectivity index (χ1) is 7.41. The molecule has 0 atom stereocenters. The second-order valence-electron chi connectivity index (χ2n) is 3.38. The summed E-state index contributed by atoms with van der Waals surface area (Å²) in [4.78, 5) is 15.2. The van der Waals surface area contributed by atoms with Gasteiger partial charge in [-0.1, -0.05) is 0 Å². The van der Waals surface area contributed by atoms with Gasteiger partial charge in [0.1, 0.15) is 0 Å². The molecule has 0 bridgehead atoms. The molecular weight excluding hydrogens is 223 g/mol. The lowest BCUT2D eigenvalue weighted by Crippen LogP contribution is -2.39. The minimum absolute atomic E-state index is 0.0660. The van der Waals surface area contributed by atoms with E-state index in [1.165, 1.54) is 0 Å². The number of alkyl halides is 3. The van der Waals surface area contributed by atoms with Crippen molar-refractivity contribution in [3.8, 4) is 0 Å². The first-order valence-corrected chi connectivity index (χ1v) is 4.69. The van der Waals surface area contributed by atoms with Crippen LogP contribution in [0.25, 0.3) is 0 Å². The zero-order valence-electron chi connectivity index (χ0n) is 8.74. The summed E-state index contributed by atoms with van der Waals surface area (Å²) in [7, 11) is 1.14. The predicted molar refractivity (Wildman–Crippen MR) is 50.5 cm³/mol. The van der Waals surface area contributed by atoms with E-state index in [2.05, 4.69) is 4.98 Å². The number of hydrogen-bond donors (Lipinski definition) is 0. The van der Waals surface area contributed by atoms with Gasteiger partial charge in [-0.25, -0.2) is 4.98 Å². The van der Waals surface area contributed by atoms with Crippen LogP contribution in [0.5, 0.6) is 0 Å². The van der Waals surface area contributed by atoms with Gasteiger partial charge in [-0.2, -0.15) is 13.2 Å². The molecule has 7 heteroatoms. The minimum atomic E-state index is -4.79. The third-order valence-electron chi connectivity index (χ3n) is 2.06. The maximum atomic E-state index is 12.0. The summed E-state index contributed by atoms with van der Waals surface area (Å²) in [5, 5.41) is 0. The van der Waals surface area contributed by atoms with Crippen LogP contribution in [0.15, 0.2) is 18.7 Å². The zero-order chi connectivity index (χ0) is 12.2. The molecule has 1 heterocycles. The highest BCUT2D eigenvalue weighted by Crippen LogP contribution is 2.17. The predicted octanol–water partition coefficient (Wildman–Crippen LogP) is 1.29. The Labute approximate surface area is 90.7 Å². The molecule has 16 heavy (non-hydrogen) atoms. The van der Waals surface area contributed by atoms with Gasteiger partial charge in [-0.3, -0.25) is 4.79 Å². The highest BCUT2D eigenvalue weighted by atomic mass is 19.4. The molecule has 0 aliphatic heterocycles. The van der Waals surface area contributed by atoms with Crippen LogP contribution in [-0.4, -0.2) is 40.1 Å². The van der Waals surface area contributed by atoms with Crippen LogP contribution in [0.2, 0.25) is 0 Å². The van der Waals surface area contributed by atoms with E-state index < -0.39 is 12.1 Å². The first kappa shape index (κ1) is 12.5. The molecule has 0 saturated heterocycles. The number of halogens is 3. The monoisotopic (exact) mass is 235 g/mol. The van der Waals surface area contributed by atoms with Crippen LogP contribution in [0.4, 0.5) is 13.2 Å². The molecule has 0 aliphatic carbocycles. The molecule has 4 nitrogen and oxygen atoms in total. The number of carbonyl (C=O) groups excluding carboxylic acids is 1. The summed E-state index contributed by atoms with van der Waals surface area (Å²) in [5.74, 6) is -1.81. The molecule has 0 radical (unpaired) electrons. The lowest BCUT2D eigenvalue weighted by Gasteiger charge is -2.18. The Kier molecular flexibility index (Phi) is 3.92. The molecule has 0 aromatic carbocycles. The lowest BCUT2D eigenvalue weighted by molar-refractivity contribution is -0.184. The van der Waals surface area contributed by atoms with Gasteiger partial charge < -0.3 is 9.47 Å². The summed E-state index contributed by atoms with van der Waals surface area (Å²) in [6.45, 7) is 0.603. The minimum Gasteiger partial charge on any atom is -0.338 e. The van der Waals surface area contributed by atoms with Crippen molar-refractivity contribution < 1.29 is 18.0 Å². The van der Waals surface area contributed by atoms with Crippen LogP contribution in [0.3, 0.4) is 0 Å². The average molecular weight is 235 g/mol. The second-order valence-corrected chi connectivity index (χ2v) is 3.38. The standard InChI is InChI=1S/C9H12F3N3O/c1-14(8(16)9(10,11)12)4-2-5-15-6-3-13-7-15/h3,6-7H,2,4-5H2,1H3. The fourth-order valence-corrected chi connectivity index (χ4v) is 1.23. The Hall–Kier alpha value is -1.53. The Morgan fingerprint density at radius 1 is 1.50 bits per heavy atom. The van der Waals surface area contributed by atoms with E-state index >= 15 is 0 Å². The number of hydrogen-bond acceptors (Lipinski definition) is 2. The van der Waals surface area contributed by atoms with E-state index in [1.807, 2.05) is 0 Å². The quantitative estimate of drug-likeness (QED) is 0.788. The number of amides is 1. The SMILES string of the molecule is CN(CCCn1ccnc1)C(=O)C(F)(F)F. The van der Waals surface area contributed by atoms with Gasteiger partial charge in [0.05, 0.1) is 6.33 Å². The number of carbonyl (C=O) groups is 1. The van der Waals surface area contributed by atoms with Gasteiger partial charge in [0, 0.05) is 32.5 Å². The molecule has 1 aromatic rings. The molecule has 90 valence electrons. The fourth-order valence-electron chi connectivity index (χ4n) is 1.23. The topological polar surface area (TPSA) is 38.1 Å². The van der Waals surface area contributed by atoms with Gasteiger partial charge in [0.15, 0.2) is 0 Å². The third kappa shape index (κ3) is 3.56. The van der Waals surface area contributed by atoms with Crippen molar-refractivity contribution in [1.29, 1.82) is 0 Å². The molecule has 0 saturated carbocycles. The normalized spacial score (nSPS) is 11.5. The van der Waals surface area contributed by atoms with Crippen molar-refractivity contribution in [2.24, 2.45) is 0 Å². The molecule has 0 spiro atoms. The number of aromatic nitrogens is 2. The molecule has 1 aromatic heterocycles. The summed E-state index contributed by atoms with van der Waals surface area (Å²) < 4.78 is 37.7. The van der Waals surface area contributed by atoms with Crippen molar-refractivity contribution in [3.05, 3.63) is 18.7 Å². The molecule has 1 rings (SSSR count). The molecule has 0 aliphatic rings. The number of imidazole rings is 1. The van der Waals surface area contributed by atoms with Crippen molar-refractivity contribution in [2.75, 3.05) is 13.6 Å². The average Bonchev–Trinajstić information content (AvgIpc) is 2.67. The maximum absolute atomic E-state index is 12.0. The maximum Gasteiger partial charge on any atom is 0.471 e. The molecule has 0 fully saturated rings. The van der Waals surface area contributed by atoms with Crippen LogP contribution >= 0.6 is 0 Å². The van der Waals surface area contributed by atoms with E-state index in [1.54, 1.807) is 23.3 Å². The van der Waals surface area contributed by atoms with E-state index in [-0.39, 0.29) is 6.54 Å². The van der Waals surface area contributed by atoms with Crippen LogP contribution in [0, 0.1) is 0 Å². The number of rotatable bonds is 4. The second kappa shape index (κ2) is 5.00. The van der Waals surface area contributed by atoms with Gasteiger partial charge in [0.25, 0.3) is 0 Å². The third-order valence-corrected chi connectivity index (χ3v) is 2.06. The van der Waals surface area contributed by atoms with Gasteiger partial charge >= 0.3 is 12.1 Å². The van der Waals surface area contributed by atoms with Crippen LogP contribution in [0.1, 0.15) is 6.42 Å². The van der Waals surface area contributed by atoms with Crippen molar-refractivity contribution >= 4 is 5.91 Å². The Balaban J connectivity index is 2.30. The highest BCUT2D eigenvalue weighted by molar-refractivity contribution is 5.81. The summed E-state index contributed by atoms with van der Waals surface area (Å²) in [5.41, 5.74) is 0. The van der Waals surface area contributed by atoms with Gasteiger partial charge in [-0.15, -0.1) is 0 Å². The Morgan fingerprint density at radius 2 is 2.19 bits per heavy atom. The van der Waals surface area contributed by atoms with E-state index in [0.29, 0.717) is 17.9 Å². The van der Waals surface area contributed by atoms with E-state index in [9.17, 15) is 18.0 Å². The summed E-state index contributed by atoms with van der Waals surface area (Å²) >= 11 is 0. The van der Waals surface area contributed by atoms with Crippen molar-refractivity contribution in [2.45, 2.75) is 19.1 Å². The molecular formula is C9H12F3N3O. The van der Waals surface area contributed by atoms with Crippen molar-refractivity contribution in [3.63, 3.8) is 0 Å². The number of aryl methyl sites for hydroxylation is 1. The van der Waals surface area contributed by atoms with Gasteiger partial charge in [0.2, 0.25) is 0 Å². The van der Waals surface area contributed by atoms with E-state index in [4.69, 9.17) is 0 Å². The van der Waals surface area contributed by atoms with E-state index in [0.717, 1.165) is 7.05 Å². The fraction of sp³-hybridized carbons (Fsp3) is 0.556. The smallest absolute Gasteiger partial charge is 0.338 e. The lowest BCUT2D eigenvalue weighted by atomic mass is 10.3. The summed E-state index contributed by atoms with van der Waals surface area (Å²) in [6.07, 6.45) is 0.542. The Bertz CT molecular complexity index is 334. The first-order valence-electron chi connectivity index (χ1n) is 4.69. The zero-order valence-corrected chi connectivity index (χ0v) is 8.74. The molecule has 0 N–H and O–H groups in total. The van der Waals surface area contributed by atoms with Gasteiger partial charge in [-0.05, 0) is 6.42 Å². The molecule has 1 amide bonds. The largest absolute Gasteiger partial charge is 0.471 e. The number of nitrogens with zero attached hydrogens (tertiary/aromatic N) is 3. The highest BCUT2D eigenvalue weighted by Gasteiger charge is 2.40. The molecule has 0 unspecified atom stereocenters. The summed E-state index contributed by atoms with van der Waals surface area (Å²) in [6, 6.07) is 0. The van der Waals surface area contributed by atoms with Crippen molar-refractivity contribution in [1.82, 2.24) is 14.5 Å².